The summed E-state index contributed by atoms with van der Waals surface area (Å²) in [6.07, 6.45) is 0. The van der Waals surface area contributed by atoms with Gasteiger partial charge in [-0.15, -0.1) is 22.7 Å². The predicted molar refractivity (Wildman–Crippen MR) is 236 cm³/mol. The Morgan fingerprint density at radius 1 is 0.278 bits per heavy atom. The van der Waals surface area contributed by atoms with Gasteiger partial charge in [-0.2, -0.15) is 0 Å². The summed E-state index contributed by atoms with van der Waals surface area (Å²) < 4.78 is 5.23. The van der Waals surface area contributed by atoms with Crippen LogP contribution in [0.1, 0.15) is 0 Å². The molecule has 3 aromatic heterocycles. The van der Waals surface area contributed by atoms with Crippen molar-refractivity contribution in [1.82, 2.24) is 4.98 Å². The molecule has 54 heavy (non-hydrogen) atoms. The van der Waals surface area contributed by atoms with Crippen molar-refractivity contribution < 1.29 is 0 Å². The van der Waals surface area contributed by atoms with Crippen LogP contribution < -0.4 is 0 Å². The molecule has 3 heteroatoms. The number of thiophene rings is 2. The molecular weight excluding hydrogens is 691 g/mol. The van der Waals surface area contributed by atoms with Crippen LogP contribution in [-0.4, -0.2) is 4.98 Å². The van der Waals surface area contributed by atoms with Gasteiger partial charge in [0.25, 0.3) is 0 Å². The minimum Gasteiger partial charge on any atom is -0.248 e. The lowest BCUT2D eigenvalue weighted by molar-refractivity contribution is 1.33. The monoisotopic (exact) mass is 719 g/mol. The Kier molecular flexibility index (Phi) is 6.44. The van der Waals surface area contributed by atoms with Gasteiger partial charge in [0.2, 0.25) is 0 Å². The van der Waals surface area contributed by atoms with E-state index in [1.54, 1.807) is 0 Å². The first-order valence-electron chi connectivity index (χ1n) is 18.4. The van der Waals surface area contributed by atoms with Crippen LogP contribution in [0.15, 0.2) is 176 Å². The maximum atomic E-state index is 5.42. The van der Waals surface area contributed by atoms with E-state index in [0.29, 0.717) is 0 Å². The highest BCUT2D eigenvalue weighted by Crippen LogP contribution is 2.44. The molecule has 0 aliphatic carbocycles. The van der Waals surface area contributed by atoms with E-state index in [1.165, 1.54) is 89.0 Å². The van der Waals surface area contributed by atoms with Crippen molar-refractivity contribution in [1.29, 1.82) is 0 Å². The lowest BCUT2D eigenvalue weighted by Crippen LogP contribution is -1.92. The molecule has 0 aliphatic heterocycles. The van der Waals surface area contributed by atoms with Gasteiger partial charge < -0.3 is 0 Å². The summed E-state index contributed by atoms with van der Waals surface area (Å²) in [6.45, 7) is 0. The van der Waals surface area contributed by atoms with E-state index in [0.717, 1.165) is 28.1 Å². The first-order chi connectivity index (χ1) is 26.7. The standard InChI is InChI=1S/C51H29NS2/c1-2-12-34-30(10-1)11-9-18-39(34)47-27-33(26-46(52-47)32-21-23-49-43(25-32)40-17-7-8-19-48(40)53-49)31-20-22-50-44(24-31)45-28-41-37-15-5-3-13-35(37)36-14-4-6-16-38(36)42(41)29-51(45)54-50/h1-29H. The number of fused-ring (bicyclic) bond motifs is 13. The second-order valence-electron chi connectivity index (χ2n) is 14.3. The highest BCUT2D eigenvalue weighted by molar-refractivity contribution is 7.26. The lowest BCUT2D eigenvalue weighted by atomic mass is 9.93. The van der Waals surface area contributed by atoms with Gasteiger partial charge in [-0.25, -0.2) is 4.98 Å². The summed E-state index contributed by atoms with van der Waals surface area (Å²) in [4.78, 5) is 5.42. The molecular formula is C51H29NS2. The lowest BCUT2D eigenvalue weighted by Gasteiger charge is -2.13. The Bertz CT molecular complexity index is 3510. The molecule has 3 heterocycles. The van der Waals surface area contributed by atoms with Gasteiger partial charge in [-0.1, -0.05) is 121 Å². The van der Waals surface area contributed by atoms with Crippen molar-refractivity contribution in [3.05, 3.63) is 176 Å². The van der Waals surface area contributed by atoms with Crippen LogP contribution in [-0.2, 0) is 0 Å². The number of hydrogen-bond acceptors (Lipinski definition) is 3. The highest BCUT2D eigenvalue weighted by Gasteiger charge is 2.16. The zero-order valence-electron chi connectivity index (χ0n) is 29.0. The van der Waals surface area contributed by atoms with Gasteiger partial charge in [0.1, 0.15) is 0 Å². The van der Waals surface area contributed by atoms with Crippen LogP contribution in [0.3, 0.4) is 0 Å². The molecule has 0 bridgehead atoms. The number of nitrogens with zero attached hydrogens (tertiary/aromatic N) is 1. The fourth-order valence-electron chi connectivity index (χ4n) is 8.67. The molecule has 0 saturated carbocycles. The first-order valence-corrected chi connectivity index (χ1v) is 20.0. The van der Waals surface area contributed by atoms with Gasteiger partial charge in [0.05, 0.1) is 11.4 Å². The second kappa shape index (κ2) is 11.6. The average Bonchev–Trinajstić information content (AvgIpc) is 3.80. The molecule has 1 nitrogen and oxygen atoms in total. The number of pyridine rings is 1. The second-order valence-corrected chi connectivity index (χ2v) is 16.4. The molecule has 0 atom stereocenters. The van der Waals surface area contributed by atoms with Crippen LogP contribution in [0, 0.1) is 0 Å². The van der Waals surface area contributed by atoms with Gasteiger partial charge in [-0.05, 0) is 109 Å². The Hall–Kier alpha value is -6.39. The smallest absolute Gasteiger partial charge is 0.0721 e. The fraction of sp³-hybridized carbons (Fsp3) is 0. The molecule has 0 amide bonds. The minimum atomic E-state index is 0.979. The van der Waals surface area contributed by atoms with Gasteiger partial charge in [0, 0.05) is 51.5 Å². The Labute approximate surface area is 319 Å². The summed E-state index contributed by atoms with van der Waals surface area (Å²) in [5.74, 6) is 0. The zero-order valence-corrected chi connectivity index (χ0v) is 30.6. The maximum absolute atomic E-state index is 5.42. The van der Waals surface area contributed by atoms with Crippen molar-refractivity contribution in [2.75, 3.05) is 0 Å². The fourth-order valence-corrected chi connectivity index (χ4v) is 10.9. The van der Waals surface area contributed by atoms with E-state index in [9.17, 15) is 0 Å². The van der Waals surface area contributed by atoms with E-state index in [4.69, 9.17) is 4.98 Å². The van der Waals surface area contributed by atoms with Crippen LogP contribution in [0.4, 0.5) is 0 Å². The number of rotatable bonds is 3. The summed E-state index contributed by atoms with van der Waals surface area (Å²) >= 11 is 3.74. The number of aromatic nitrogens is 1. The number of hydrogen-bond donors (Lipinski definition) is 0. The van der Waals surface area contributed by atoms with E-state index in [2.05, 4.69) is 176 Å². The van der Waals surface area contributed by atoms with Crippen molar-refractivity contribution >= 4 is 106 Å². The highest BCUT2D eigenvalue weighted by atomic mass is 32.1. The van der Waals surface area contributed by atoms with Gasteiger partial charge in [-0.3, -0.25) is 0 Å². The molecule has 0 N–H and O–H groups in total. The van der Waals surface area contributed by atoms with Gasteiger partial charge in [0.15, 0.2) is 0 Å². The largest absolute Gasteiger partial charge is 0.248 e. The predicted octanol–water partition coefficient (Wildman–Crippen LogP) is 15.4. The van der Waals surface area contributed by atoms with Crippen LogP contribution >= 0.6 is 22.7 Å². The molecule has 0 saturated heterocycles. The zero-order chi connectivity index (χ0) is 35.3. The molecule has 12 rings (SSSR count). The Balaban J connectivity index is 1.10. The van der Waals surface area contributed by atoms with Crippen molar-refractivity contribution in [2.24, 2.45) is 0 Å². The van der Waals surface area contributed by atoms with Crippen LogP contribution in [0.2, 0.25) is 0 Å². The molecule has 0 unspecified atom stereocenters. The molecule has 250 valence electrons. The van der Waals surface area contributed by atoms with E-state index < -0.39 is 0 Å². The summed E-state index contributed by atoms with van der Waals surface area (Å²) in [6, 6.07) is 64.9. The topological polar surface area (TPSA) is 12.9 Å². The number of benzene rings is 9. The third kappa shape index (κ3) is 4.53. The molecule has 0 aliphatic rings. The molecule has 0 radical (unpaired) electrons. The third-order valence-corrected chi connectivity index (χ3v) is 13.5. The minimum absolute atomic E-state index is 0.979. The molecule has 9 aromatic carbocycles. The SMILES string of the molecule is c1ccc2c(-c3cc(-c4ccc5sc6cc7c8ccccc8c8ccccc8c7cc6c5c4)cc(-c4ccc5sc6ccccc6c5c4)n3)cccc2c1. The summed E-state index contributed by atoms with van der Waals surface area (Å²) in [5, 5.41) is 15.5. The molecule has 0 fully saturated rings. The van der Waals surface area contributed by atoms with E-state index in [1.807, 2.05) is 22.7 Å². The summed E-state index contributed by atoms with van der Waals surface area (Å²) in [5.41, 5.74) is 6.59. The first kappa shape index (κ1) is 30.1. The van der Waals surface area contributed by atoms with Crippen LogP contribution in [0.5, 0.6) is 0 Å². The normalized spacial score (nSPS) is 12.1. The van der Waals surface area contributed by atoms with Gasteiger partial charge >= 0.3 is 0 Å². The molecule has 12 aromatic rings. The third-order valence-electron chi connectivity index (χ3n) is 11.2. The van der Waals surface area contributed by atoms with Crippen molar-refractivity contribution in [3.8, 4) is 33.6 Å². The van der Waals surface area contributed by atoms with Crippen molar-refractivity contribution in [2.45, 2.75) is 0 Å². The van der Waals surface area contributed by atoms with E-state index >= 15 is 0 Å². The maximum Gasteiger partial charge on any atom is 0.0721 e. The van der Waals surface area contributed by atoms with Crippen molar-refractivity contribution in [3.63, 3.8) is 0 Å². The molecule has 0 spiro atoms. The Morgan fingerprint density at radius 2 is 0.796 bits per heavy atom. The average molecular weight is 720 g/mol. The summed E-state index contributed by atoms with van der Waals surface area (Å²) in [7, 11) is 0. The quantitative estimate of drug-likeness (QED) is 0.166. The van der Waals surface area contributed by atoms with Crippen LogP contribution in [0.25, 0.3) is 117 Å². The Morgan fingerprint density at radius 3 is 1.57 bits per heavy atom. The van der Waals surface area contributed by atoms with E-state index in [-0.39, 0.29) is 0 Å².